The first kappa shape index (κ1) is 35.3. The summed E-state index contributed by atoms with van der Waals surface area (Å²) in [5, 5.41) is 48.0. The number of ketones is 3. The number of aliphatic hydroxyl groups is 2. The van der Waals surface area contributed by atoms with Crippen molar-refractivity contribution in [1.82, 2.24) is 5.32 Å². The zero-order chi connectivity index (χ0) is 33.1. The fourth-order valence-electron chi connectivity index (χ4n) is 6.35. The maximum absolute atomic E-state index is 13.8. The van der Waals surface area contributed by atoms with Gasteiger partial charge in [-0.05, 0) is 25.8 Å². The highest BCUT2D eigenvalue weighted by molar-refractivity contribution is 6.31. The van der Waals surface area contributed by atoms with Crippen LogP contribution >= 0.6 is 12.4 Å². The van der Waals surface area contributed by atoms with E-state index in [-0.39, 0.29) is 52.7 Å². The van der Waals surface area contributed by atoms with Crippen LogP contribution < -0.4 is 15.8 Å². The Bertz CT molecular complexity index is 1590. The van der Waals surface area contributed by atoms with Crippen LogP contribution in [0.3, 0.4) is 0 Å². The van der Waals surface area contributed by atoms with E-state index in [9.17, 15) is 39.6 Å². The van der Waals surface area contributed by atoms with Gasteiger partial charge in [-0.1, -0.05) is 26.0 Å². The first-order valence-electron chi connectivity index (χ1n) is 14.8. The smallest absolute Gasteiger partial charge is 0.237 e. The number of halogens is 1. The molecule has 13 nitrogen and oxygen atoms in total. The predicted molar refractivity (Wildman–Crippen MR) is 164 cm³/mol. The second-order valence-corrected chi connectivity index (χ2v) is 12.4. The van der Waals surface area contributed by atoms with Gasteiger partial charge in [-0.25, -0.2) is 0 Å². The van der Waals surface area contributed by atoms with Gasteiger partial charge >= 0.3 is 0 Å². The maximum atomic E-state index is 13.8. The Morgan fingerprint density at radius 1 is 1.11 bits per heavy atom. The number of Topliss-reactive ketones (excluding diaryl/α,β-unsaturated/α-hetero) is 1. The lowest BCUT2D eigenvalue weighted by Crippen LogP contribution is -2.58. The summed E-state index contributed by atoms with van der Waals surface area (Å²) >= 11 is 0. The van der Waals surface area contributed by atoms with Crippen molar-refractivity contribution in [2.24, 2.45) is 11.7 Å². The minimum atomic E-state index is -2.07. The normalized spacial score (nSPS) is 27.5. The van der Waals surface area contributed by atoms with Crippen molar-refractivity contribution in [3.63, 3.8) is 0 Å². The number of carbonyl (C=O) groups excluding carboxylic acids is 4. The van der Waals surface area contributed by atoms with Crippen LogP contribution in [0.5, 0.6) is 17.2 Å². The van der Waals surface area contributed by atoms with Gasteiger partial charge in [0.1, 0.15) is 29.0 Å². The van der Waals surface area contributed by atoms with Crippen LogP contribution in [-0.4, -0.2) is 87.0 Å². The molecule has 3 aliphatic rings. The summed E-state index contributed by atoms with van der Waals surface area (Å²) in [6.45, 7) is 6.29. The second kappa shape index (κ2) is 12.9. The highest BCUT2D eigenvalue weighted by Gasteiger charge is 2.49. The van der Waals surface area contributed by atoms with E-state index < -0.39 is 101 Å². The minimum Gasteiger partial charge on any atom is -0.507 e. The molecule has 1 amide bonds. The fraction of sp³-hybridized carbons (Fsp3) is 0.500. The van der Waals surface area contributed by atoms with Gasteiger partial charge in [-0.3, -0.25) is 19.2 Å². The fourth-order valence-corrected chi connectivity index (χ4v) is 6.35. The number of methoxy groups -OCH3 is 1. The van der Waals surface area contributed by atoms with Gasteiger partial charge in [0.2, 0.25) is 11.7 Å². The van der Waals surface area contributed by atoms with E-state index in [1.54, 1.807) is 20.8 Å². The number of fused-ring (bicyclic) bond motifs is 3. The van der Waals surface area contributed by atoms with E-state index in [0.717, 1.165) is 6.92 Å². The number of rotatable bonds is 7. The number of nitrogens with two attached hydrogens (primary N) is 1. The highest BCUT2D eigenvalue weighted by atomic mass is 35.5. The average molecular weight is 663 g/mol. The molecule has 1 aliphatic heterocycles. The summed E-state index contributed by atoms with van der Waals surface area (Å²) < 4.78 is 17.4. The molecule has 2 aromatic rings. The van der Waals surface area contributed by atoms with Gasteiger partial charge in [-0.2, -0.15) is 0 Å². The lowest BCUT2D eigenvalue weighted by Gasteiger charge is -2.43. The molecular weight excluding hydrogens is 624 g/mol. The lowest BCUT2D eigenvalue weighted by molar-refractivity contribution is -0.249. The second-order valence-electron chi connectivity index (χ2n) is 12.4. The SMILES string of the molecule is COc1cccc2c1C(=O)c1c(O)c3c(c(O)c1C2=O)CC(O)(C(C)=O)CC3OC1CC(NC(=O)C(N)C(C)C)C(O)C(C)O1.Cl. The molecule has 2 aliphatic carbocycles. The van der Waals surface area contributed by atoms with Gasteiger partial charge in [-0.15, -0.1) is 12.4 Å². The molecule has 14 heteroatoms. The van der Waals surface area contributed by atoms with Crippen molar-refractivity contribution in [2.75, 3.05) is 7.11 Å². The average Bonchev–Trinajstić information content (AvgIpc) is 2.98. The number of nitrogens with one attached hydrogen (secondary N) is 1. The van der Waals surface area contributed by atoms with Crippen LogP contribution in [0.15, 0.2) is 18.2 Å². The Morgan fingerprint density at radius 2 is 1.76 bits per heavy atom. The number of carbonyl (C=O) groups is 4. The topological polar surface area (TPSA) is 215 Å². The Morgan fingerprint density at radius 3 is 2.37 bits per heavy atom. The first-order valence-corrected chi connectivity index (χ1v) is 14.8. The van der Waals surface area contributed by atoms with Crippen LogP contribution in [0.2, 0.25) is 0 Å². The van der Waals surface area contributed by atoms with Crippen LogP contribution in [0.25, 0.3) is 0 Å². The Labute approximate surface area is 271 Å². The van der Waals surface area contributed by atoms with Gasteiger partial charge in [0.25, 0.3) is 0 Å². The number of hydrogen-bond acceptors (Lipinski definition) is 12. The van der Waals surface area contributed by atoms with Crippen molar-refractivity contribution >= 4 is 35.7 Å². The number of phenols is 2. The molecule has 46 heavy (non-hydrogen) atoms. The molecule has 0 spiro atoms. The van der Waals surface area contributed by atoms with Gasteiger partial charge in [0.15, 0.2) is 17.9 Å². The van der Waals surface area contributed by atoms with E-state index in [1.165, 1.54) is 25.3 Å². The summed E-state index contributed by atoms with van der Waals surface area (Å²) in [6.07, 6.45) is -5.38. The number of amides is 1. The number of benzene rings is 2. The number of aliphatic hydroxyl groups excluding tert-OH is 1. The van der Waals surface area contributed by atoms with Gasteiger partial charge in [0.05, 0.1) is 48.1 Å². The van der Waals surface area contributed by atoms with E-state index in [1.807, 2.05) is 0 Å². The standard InChI is InChI=1S/C32H38N2O11.ClH/c1-12(2)25(33)31(41)34-17-9-20(44-13(3)26(17)36)45-19-11-32(42,14(4)35)10-16-22(19)30(40)24-23(28(16)38)27(37)15-7-6-8-18(43-5)21(15)29(24)39;/h6-8,12-13,17,19-20,25-26,36,38,40,42H,9-11,33H2,1-5H3,(H,34,41);1H. The lowest BCUT2D eigenvalue weighted by atomic mass is 9.72. The molecule has 0 bridgehead atoms. The molecule has 250 valence electrons. The Kier molecular flexibility index (Phi) is 9.89. The van der Waals surface area contributed by atoms with Crippen LogP contribution in [0.1, 0.15) is 89.6 Å². The Balaban J connectivity index is 0.00000480. The molecular formula is C32H39ClN2O11. The number of ether oxygens (including phenoxy) is 3. The summed E-state index contributed by atoms with van der Waals surface area (Å²) in [7, 11) is 1.33. The van der Waals surface area contributed by atoms with Crippen LogP contribution in [0.4, 0.5) is 0 Å². The molecule has 0 saturated carbocycles. The molecule has 5 rings (SSSR count). The highest BCUT2D eigenvalue weighted by Crippen LogP contribution is 2.52. The molecule has 2 aromatic carbocycles. The Hall–Kier alpha value is -3.59. The van der Waals surface area contributed by atoms with Crippen LogP contribution in [0, 0.1) is 5.92 Å². The van der Waals surface area contributed by atoms with Crippen LogP contribution in [-0.2, 0) is 25.5 Å². The molecule has 7 unspecified atom stereocenters. The van der Waals surface area contributed by atoms with Crippen molar-refractivity contribution in [3.05, 3.63) is 51.6 Å². The summed E-state index contributed by atoms with van der Waals surface area (Å²) in [4.78, 5) is 52.8. The molecule has 1 fully saturated rings. The summed E-state index contributed by atoms with van der Waals surface area (Å²) in [5.74, 6) is -4.05. The quantitative estimate of drug-likeness (QED) is 0.199. The van der Waals surface area contributed by atoms with Gasteiger partial charge in [0, 0.05) is 36.0 Å². The maximum Gasteiger partial charge on any atom is 0.237 e. The number of aromatic hydroxyl groups is 2. The van der Waals surface area contributed by atoms with Gasteiger partial charge < -0.3 is 45.7 Å². The zero-order valence-corrected chi connectivity index (χ0v) is 26.8. The number of phenolic OH excluding ortho intramolecular Hbond substituents is 2. The molecule has 1 saturated heterocycles. The zero-order valence-electron chi connectivity index (χ0n) is 26.0. The molecule has 0 radical (unpaired) electrons. The minimum absolute atomic E-state index is 0. The molecule has 0 aromatic heterocycles. The molecule has 7 N–H and O–H groups in total. The van der Waals surface area contributed by atoms with E-state index >= 15 is 0 Å². The predicted octanol–water partition coefficient (Wildman–Crippen LogP) is 1.59. The number of hydrogen-bond donors (Lipinski definition) is 6. The third-order valence-corrected chi connectivity index (χ3v) is 9.10. The largest absolute Gasteiger partial charge is 0.507 e. The third-order valence-electron chi connectivity index (χ3n) is 9.10. The van der Waals surface area contributed by atoms with E-state index in [4.69, 9.17) is 19.9 Å². The third kappa shape index (κ3) is 5.76. The van der Waals surface area contributed by atoms with Crippen molar-refractivity contribution in [2.45, 2.75) is 89.2 Å². The van der Waals surface area contributed by atoms with E-state index in [2.05, 4.69) is 5.32 Å². The van der Waals surface area contributed by atoms with Crippen molar-refractivity contribution in [1.29, 1.82) is 0 Å². The first-order chi connectivity index (χ1) is 21.1. The molecule has 7 atom stereocenters. The van der Waals surface area contributed by atoms with Crippen molar-refractivity contribution < 1.29 is 53.8 Å². The van der Waals surface area contributed by atoms with E-state index in [0.29, 0.717) is 0 Å². The summed E-state index contributed by atoms with van der Waals surface area (Å²) in [6, 6.07) is 2.71. The summed E-state index contributed by atoms with van der Waals surface area (Å²) in [5.41, 5.74) is 2.63. The van der Waals surface area contributed by atoms with Crippen molar-refractivity contribution in [3.8, 4) is 17.2 Å². The molecule has 1 heterocycles. The monoisotopic (exact) mass is 662 g/mol.